The molecule has 0 spiro atoms. The van der Waals surface area contributed by atoms with Crippen molar-refractivity contribution in [2.24, 2.45) is 17.2 Å². The minimum absolute atomic E-state index is 0.481. The molecule has 1 amide bonds. The maximum Gasteiger partial charge on any atom is 0.240 e. The lowest BCUT2D eigenvalue weighted by atomic mass is 10.6. The Morgan fingerprint density at radius 2 is 1.54 bits per heavy atom. The molecule has 0 aromatic rings. The fourth-order valence-electron chi connectivity index (χ4n) is 0.214. The molecule has 13 heavy (non-hydrogen) atoms. The third-order valence-corrected chi connectivity index (χ3v) is 3.16. The summed E-state index contributed by atoms with van der Waals surface area (Å²) in [5.74, 6) is 1.58. The van der Waals surface area contributed by atoms with Crippen LogP contribution in [0.25, 0.3) is 0 Å². The van der Waals surface area contributed by atoms with Crippen LogP contribution in [0.5, 0.6) is 0 Å². The molecule has 0 radical (unpaired) electrons. The summed E-state index contributed by atoms with van der Waals surface area (Å²) in [6.07, 6.45) is 1.06. The van der Waals surface area contributed by atoms with Crippen molar-refractivity contribution in [2.75, 3.05) is 24.6 Å². The van der Waals surface area contributed by atoms with E-state index in [2.05, 4.69) is 12.3 Å². The van der Waals surface area contributed by atoms with Gasteiger partial charge in [-0.25, -0.2) is 0 Å². The van der Waals surface area contributed by atoms with E-state index in [1.807, 2.05) is 0 Å². The molecule has 0 fully saturated rings. The van der Waals surface area contributed by atoms with Crippen molar-refractivity contribution < 1.29 is 4.79 Å². The predicted molar refractivity (Wildman–Crippen MR) is 62.4 cm³/mol. The van der Waals surface area contributed by atoms with Crippen molar-refractivity contribution in [1.29, 1.82) is 0 Å². The summed E-state index contributed by atoms with van der Waals surface area (Å²) in [6, 6.07) is 0. The summed E-state index contributed by atoms with van der Waals surface area (Å²) in [4.78, 5) is 9.47. The van der Waals surface area contributed by atoms with Gasteiger partial charge in [0.15, 0.2) is 0 Å². The molecule has 0 bridgehead atoms. The highest BCUT2D eigenvalue weighted by molar-refractivity contribution is 8.76. The SMILES string of the molecule is C=CC(N)=O.NCCSSCCN. The van der Waals surface area contributed by atoms with Gasteiger partial charge in [0, 0.05) is 24.6 Å². The molecular weight excluding hydrogens is 206 g/mol. The Labute approximate surface area is 87.1 Å². The van der Waals surface area contributed by atoms with Gasteiger partial charge in [0.25, 0.3) is 0 Å². The second-order valence-electron chi connectivity index (χ2n) is 1.83. The number of hydrogen-bond acceptors (Lipinski definition) is 5. The van der Waals surface area contributed by atoms with E-state index in [4.69, 9.17) is 11.5 Å². The van der Waals surface area contributed by atoms with Gasteiger partial charge in [0.05, 0.1) is 0 Å². The van der Waals surface area contributed by atoms with Crippen LogP contribution in [-0.4, -0.2) is 30.5 Å². The highest BCUT2D eigenvalue weighted by atomic mass is 33.1. The average molecular weight is 223 g/mol. The topological polar surface area (TPSA) is 95.1 Å². The molecule has 0 aliphatic carbocycles. The number of hydrogen-bond donors (Lipinski definition) is 3. The molecule has 0 unspecified atom stereocenters. The molecule has 0 aliphatic rings. The van der Waals surface area contributed by atoms with Crippen LogP contribution in [0.3, 0.4) is 0 Å². The molecule has 0 aromatic heterocycles. The van der Waals surface area contributed by atoms with Crippen LogP contribution in [0.2, 0.25) is 0 Å². The minimum Gasteiger partial charge on any atom is -0.366 e. The normalized spacial score (nSPS) is 8.46. The smallest absolute Gasteiger partial charge is 0.240 e. The molecule has 0 heterocycles. The molecule has 6 heteroatoms. The molecule has 0 saturated carbocycles. The van der Waals surface area contributed by atoms with E-state index in [1.165, 1.54) is 0 Å². The van der Waals surface area contributed by atoms with Gasteiger partial charge in [-0.3, -0.25) is 4.79 Å². The molecule has 0 rings (SSSR count). The number of carbonyl (C=O) groups excluding carboxylic acids is 1. The van der Waals surface area contributed by atoms with Crippen molar-refractivity contribution in [3.05, 3.63) is 12.7 Å². The van der Waals surface area contributed by atoms with Crippen LogP contribution in [0.1, 0.15) is 0 Å². The Hall–Kier alpha value is -0.170. The van der Waals surface area contributed by atoms with E-state index in [-0.39, 0.29) is 0 Å². The summed E-state index contributed by atoms with van der Waals surface area (Å²) in [5.41, 5.74) is 15.0. The first kappa shape index (κ1) is 15.3. The number of primary amides is 1. The fourth-order valence-corrected chi connectivity index (χ4v) is 1.93. The van der Waals surface area contributed by atoms with Crippen LogP contribution in [0, 0.1) is 0 Å². The Kier molecular flexibility index (Phi) is 16.9. The molecule has 4 nitrogen and oxygen atoms in total. The van der Waals surface area contributed by atoms with E-state index in [1.54, 1.807) is 21.6 Å². The Morgan fingerprint density at radius 1 is 1.23 bits per heavy atom. The predicted octanol–water partition coefficient (Wildman–Crippen LogP) is -0.0571. The van der Waals surface area contributed by atoms with Gasteiger partial charge in [-0.05, 0) is 6.08 Å². The van der Waals surface area contributed by atoms with Gasteiger partial charge < -0.3 is 17.2 Å². The number of carbonyl (C=O) groups is 1. The molecular formula is C7H17N3OS2. The van der Waals surface area contributed by atoms with Crippen LogP contribution in [0.4, 0.5) is 0 Å². The van der Waals surface area contributed by atoms with Crippen molar-refractivity contribution in [3.63, 3.8) is 0 Å². The second kappa shape index (κ2) is 14.4. The van der Waals surface area contributed by atoms with Gasteiger partial charge in [0.1, 0.15) is 0 Å². The third-order valence-electron chi connectivity index (χ3n) is 0.687. The monoisotopic (exact) mass is 223 g/mol. The van der Waals surface area contributed by atoms with E-state index in [0.29, 0.717) is 0 Å². The molecule has 0 aliphatic heterocycles. The molecule has 6 N–H and O–H groups in total. The summed E-state index contributed by atoms with van der Waals surface area (Å²) < 4.78 is 0. The van der Waals surface area contributed by atoms with Gasteiger partial charge >= 0.3 is 0 Å². The lowest BCUT2D eigenvalue weighted by Crippen LogP contribution is -2.04. The molecule has 0 atom stereocenters. The first-order valence-corrected chi connectivity index (χ1v) is 6.24. The van der Waals surface area contributed by atoms with Gasteiger partial charge in [-0.15, -0.1) is 0 Å². The number of rotatable bonds is 6. The second-order valence-corrected chi connectivity index (χ2v) is 4.53. The van der Waals surface area contributed by atoms with E-state index in [0.717, 1.165) is 30.7 Å². The summed E-state index contributed by atoms with van der Waals surface area (Å²) in [7, 11) is 3.58. The van der Waals surface area contributed by atoms with E-state index in [9.17, 15) is 4.79 Å². The number of amides is 1. The first-order chi connectivity index (χ1) is 6.18. The maximum atomic E-state index is 9.47. The van der Waals surface area contributed by atoms with Crippen LogP contribution in [0.15, 0.2) is 12.7 Å². The summed E-state index contributed by atoms with van der Waals surface area (Å²) >= 11 is 0. The lowest BCUT2D eigenvalue weighted by Gasteiger charge is -1.93. The van der Waals surface area contributed by atoms with Crippen LogP contribution >= 0.6 is 21.6 Å². The zero-order valence-electron chi connectivity index (χ0n) is 7.57. The molecule has 78 valence electrons. The Bertz CT molecular complexity index is 127. The van der Waals surface area contributed by atoms with Gasteiger partial charge in [0.2, 0.25) is 5.91 Å². The fraction of sp³-hybridized carbons (Fsp3) is 0.571. The zero-order chi connectivity index (χ0) is 10.5. The van der Waals surface area contributed by atoms with Crippen molar-refractivity contribution in [3.8, 4) is 0 Å². The Balaban J connectivity index is 0. The summed E-state index contributed by atoms with van der Waals surface area (Å²) in [6.45, 7) is 4.62. The lowest BCUT2D eigenvalue weighted by molar-refractivity contribution is -0.113. The Morgan fingerprint density at radius 3 is 1.69 bits per heavy atom. The minimum atomic E-state index is -0.481. The van der Waals surface area contributed by atoms with Crippen molar-refractivity contribution in [1.82, 2.24) is 0 Å². The largest absolute Gasteiger partial charge is 0.366 e. The highest BCUT2D eigenvalue weighted by Crippen LogP contribution is 2.18. The first-order valence-electron chi connectivity index (χ1n) is 3.75. The summed E-state index contributed by atoms with van der Waals surface area (Å²) in [5, 5.41) is 0. The maximum absolute atomic E-state index is 9.47. The van der Waals surface area contributed by atoms with Gasteiger partial charge in [-0.1, -0.05) is 28.2 Å². The van der Waals surface area contributed by atoms with E-state index < -0.39 is 5.91 Å². The standard InChI is InChI=1S/C4H12N2S2.C3H5NO/c5-1-3-7-8-4-2-6;1-2-3(4)5/h1-6H2;2H,1H2,(H2,4,5). The van der Waals surface area contributed by atoms with E-state index >= 15 is 0 Å². The highest BCUT2D eigenvalue weighted by Gasteiger charge is 1.84. The zero-order valence-corrected chi connectivity index (χ0v) is 9.20. The van der Waals surface area contributed by atoms with Crippen molar-refractivity contribution >= 4 is 27.5 Å². The van der Waals surface area contributed by atoms with Crippen molar-refractivity contribution in [2.45, 2.75) is 0 Å². The molecule has 0 saturated heterocycles. The average Bonchev–Trinajstić information content (AvgIpc) is 2.14. The van der Waals surface area contributed by atoms with Crippen LogP contribution < -0.4 is 17.2 Å². The molecule has 0 aromatic carbocycles. The van der Waals surface area contributed by atoms with Crippen LogP contribution in [-0.2, 0) is 4.79 Å². The third kappa shape index (κ3) is 24.5. The number of nitrogens with two attached hydrogens (primary N) is 3. The quantitative estimate of drug-likeness (QED) is 0.333. The van der Waals surface area contributed by atoms with Gasteiger partial charge in [-0.2, -0.15) is 0 Å².